The van der Waals surface area contributed by atoms with Crippen LogP contribution in [0.5, 0.6) is 5.75 Å². The van der Waals surface area contributed by atoms with Crippen molar-refractivity contribution in [3.8, 4) is 37.8 Å². The van der Waals surface area contributed by atoms with Crippen LogP contribution in [-0.2, 0) is 0 Å². The molecular formula is C28H21NOS3. The Morgan fingerprint density at radius 2 is 1.52 bits per heavy atom. The third-order valence-corrected chi connectivity index (χ3v) is 9.34. The summed E-state index contributed by atoms with van der Waals surface area (Å²) < 4.78 is 1.32. The van der Waals surface area contributed by atoms with Crippen LogP contribution in [0.1, 0.15) is 14.6 Å². The van der Waals surface area contributed by atoms with Gasteiger partial charge in [0.2, 0.25) is 0 Å². The molecule has 6 rings (SSSR count). The van der Waals surface area contributed by atoms with Crippen molar-refractivity contribution in [2.45, 2.75) is 20.8 Å². The van der Waals surface area contributed by atoms with Crippen LogP contribution in [0.3, 0.4) is 0 Å². The van der Waals surface area contributed by atoms with Gasteiger partial charge in [0.25, 0.3) is 0 Å². The van der Waals surface area contributed by atoms with Gasteiger partial charge < -0.3 is 5.11 Å². The highest BCUT2D eigenvalue weighted by Crippen LogP contribution is 2.50. The van der Waals surface area contributed by atoms with Crippen LogP contribution in [0.4, 0.5) is 0 Å². The maximum atomic E-state index is 10.3. The fraction of sp³-hybridized carbons (Fsp3) is 0.107. The minimum absolute atomic E-state index is 0.220. The second kappa shape index (κ2) is 7.80. The lowest BCUT2D eigenvalue weighted by Crippen LogP contribution is -1.83. The van der Waals surface area contributed by atoms with Crippen LogP contribution in [0.25, 0.3) is 53.0 Å². The summed E-state index contributed by atoms with van der Waals surface area (Å²) >= 11 is 5.56. The van der Waals surface area contributed by atoms with E-state index in [0.717, 1.165) is 10.9 Å². The zero-order valence-electron chi connectivity index (χ0n) is 18.5. The summed E-state index contributed by atoms with van der Waals surface area (Å²) in [6, 6.07) is 21.1. The number of pyridine rings is 1. The van der Waals surface area contributed by atoms with E-state index in [4.69, 9.17) is 0 Å². The van der Waals surface area contributed by atoms with Crippen LogP contribution < -0.4 is 0 Å². The minimum atomic E-state index is 0.220. The predicted octanol–water partition coefficient (Wildman–Crippen LogP) is 9.20. The van der Waals surface area contributed by atoms with Gasteiger partial charge in [-0.15, -0.1) is 34.0 Å². The average molecular weight is 484 g/mol. The molecule has 0 saturated carbocycles. The lowest BCUT2D eigenvalue weighted by molar-refractivity contribution is 0.480. The van der Waals surface area contributed by atoms with E-state index in [0.29, 0.717) is 5.52 Å². The highest BCUT2D eigenvalue weighted by atomic mass is 32.1. The van der Waals surface area contributed by atoms with Gasteiger partial charge in [-0.25, -0.2) is 0 Å². The van der Waals surface area contributed by atoms with E-state index in [9.17, 15) is 5.11 Å². The lowest BCUT2D eigenvalue weighted by Gasteiger charge is -2.06. The molecule has 4 aromatic heterocycles. The molecule has 162 valence electrons. The SMILES string of the molecule is Cc1cc(-c2sc3ccccc3c2-c2cc(-c3ccc(O)c4ncccc34)sc2C)c(C)s1. The highest BCUT2D eigenvalue weighted by molar-refractivity contribution is 7.23. The molecule has 0 aliphatic rings. The van der Waals surface area contributed by atoms with Gasteiger partial charge in [0, 0.05) is 62.7 Å². The molecule has 0 spiro atoms. The van der Waals surface area contributed by atoms with Crippen LogP contribution in [0.2, 0.25) is 0 Å². The summed E-state index contributed by atoms with van der Waals surface area (Å²) in [5, 5.41) is 12.6. The number of hydrogen-bond acceptors (Lipinski definition) is 5. The van der Waals surface area contributed by atoms with Crippen molar-refractivity contribution in [2.75, 3.05) is 0 Å². The lowest BCUT2D eigenvalue weighted by atomic mass is 9.98. The number of phenols is 1. The molecule has 0 radical (unpaired) electrons. The molecular weight excluding hydrogens is 463 g/mol. The molecule has 5 heteroatoms. The molecule has 0 amide bonds. The molecule has 2 aromatic carbocycles. The second-order valence-corrected chi connectivity index (χ2v) is 12.0. The van der Waals surface area contributed by atoms with Crippen molar-refractivity contribution in [1.82, 2.24) is 4.98 Å². The van der Waals surface area contributed by atoms with Crippen molar-refractivity contribution in [3.63, 3.8) is 0 Å². The first-order chi connectivity index (χ1) is 16.0. The second-order valence-electron chi connectivity index (χ2n) is 8.24. The molecule has 0 unspecified atom stereocenters. The van der Waals surface area contributed by atoms with Gasteiger partial charge in [0.15, 0.2) is 0 Å². The number of rotatable bonds is 3. The summed E-state index contributed by atoms with van der Waals surface area (Å²) in [4.78, 5) is 11.0. The summed E-state index contributed by atoms with van der Waals surface area (Å²) in [7, 11) is 0. The Kier molecular flexibility index (Phi) is 4.87. The van der Waals surface area contributed by atoms with Crippen LogP contribution in [0.15, 0.2) is 66.9 Å². The Balaban J connectivity index is 1.62. The molecule has 0 bridgehead atoms. The van der Waals surface area contributed by atoms with Crippen LogP contribution in [-0.4, -0.2) is 10.1 Å². The van der Waals surface area contributed by atoms with Crippen molar-refractivity contribution in [1.29, 1.82) is 0 Å². The number of aryl methyl sites for hydroxylation is 3. The summed E-state index contributed by atoms with van der Waals surface area (Å²) in [5.74, 6) is 0.220. The molecule has 4 heterocycles. The zero-order chi connectivity index (χ0) is 22.7. The van der Waals surface area contributed by atoms with E-state index >= 15 is 0 Å². The number of nitrogens with zero attached hydrogens (tertiary/aromatic N) is 1. The monoisotopic (exact) mass is 483 g/mol. The smallest absolute Gasteiger partial charge is 0.141 e. The maximum absolute atomic E-state index is 10.3. The molecule has 6 aromatic rings. The molecule has 0 fully saturated rings. The molecule has 0 aliphatic heterocycles. The zero-order valence-corrected chi connectivity index (χ0v) is 20.9. The summed E-state index contributed by atoms with van der Waals surface area (Å²) in [6.07, 6.45) is 1.73. The molecule has 1 N–H and O–H groups in total. The molecule has 33 heavy (non-hydrogen) atoms. The Morgan fingerprint density at radius 3 is 2.33 bits per heavy atom. The van der Waals surface area contributed by atoms with E-state index < -0.39 is 0 Å². The number of benzene rings is 2. The van der Waals surface area contributed by atoms with Gasteiger partial charge >= 0.3 is 0 Å². The predicted molar refractivity (Wildman–Crippen MR) is 145 cm³/mol. The average Bonchev–Trinajstić information content (AvgIpc) is 3.48. The van der Waals surface area contributed by atoms with E-state index in [-0.39, 0.29) is 5.75 Å². The quantitative estimate of drug-likeness (QED) is 0.272. The number of thiophene rings is 3. The van der Waals surface area contributed by atoms with Gasteiger partial charge in [0.1, 0.15) is 11.3 Å². The van der Waals surface area contributed by atoms with Gasteiger partial charge in [-0.05, 0) is 62.7 Å². The van der Waals surface area contributed by atoms with Crippen molar-refractivity contribution in [3.05, 3.63) is 81.5 Å². The van der Waals surface area contributed by atoms with E-state index in [2.05, 4.69) is 62.2 Å². The largest absolute Gasteiger partial charge is 0.506 e. The molecule has 0 saturated heterocycles. The van der Waals surface area contributed by atoms with Gasteiger partial charge in [-0.3, -0.25) is 4.98 Å². The Morgan fingerprint density at radius 1 is 0.727 bits per heavy atom. The first kappa shape index (κ1) is 20.6. The normalized spacial score (nSPS) is 11.6. The molecule has 0 atom stereocenters. The van der Waals surface area contributed by atoms with Crippen molar-refractivity contribution in [2.24, 2.45) is 0 Å². The number of phenolic OH excluding ortho intramolecular Hbond substituents is 1. The van der Waals surface area contributed by atoms with Crippen molar-refractivity contribution >= 4 is 55.0 Å². The van der Waals surface area contributed by atoms with Crippen molar-refractivity contribution < 1.29 is 5.11 Å². The van der Waals surface area contributed by atoms with Gasteiger partial charge in [-0.2, -0.15) is 0 Å². The number of aromatic hydroxyl groups is 1. The number of fused-ring (bicyclic) bond motifs is 2. The van der Waals surface area contributed by atoms with Gasteiger partial charge in [-0.1, -0.05) is 24.3 Å². The standard InChI is InChI=1S/C28H21NOS3/c1-15-13-22(17(3)31-15)28-26(20-7-4-5-9-24(20)33-28)21-14-25(32-16(21)2)18-10-11-23(30)27-19(18)8-6-12-29-27/h4-14,30H,1-3H3. The molecule has 0 aliphatic carbocycles. The number of aromatic nitrogens is 1. The van der Waals surface area contributed by atoms with Gasteiger partial charge in [0.05, 0.1) is 0 Å². The minimum Gasteiger partial charge on any atom is -0.506 e. The topological polar surface area (TPSA) is 33.1 Å². The third-order valence-electron chi connectivity index (χ3n) is 6.08. The van der Waals surface area contributed by atoms with E-state index in [1.807, 2.05) is 40.9 Å². The molecule has 2 nitrogen and oxygen atoms in total. The fourth-order valence-corrected chi connectivity index (χ4v) is 7.95. The summed E-state index contributed by atoms with van der Waals surface area (Å²) in [6.45, 7) is 6.63. The maximum Gasteiger partial charge on any atom is 0.141 e. The van der Waals surface area contributed by atoms with E-state index in [1.54, 1.807) is 23.6 Å². The highest BCUT2D eigenvalue weighted by Gasteiger charge is 2.22. The van der Waals surface area contributed by atoms with Crippen LogP contribution in [0, 0.1) is 20.8 Å². The first-order valence-corrected chi connectivity index (χ1v) is 13.2. The Hall–Kier alpha value is -2.99. The Bertz CT molecular complexity index is 1670. The van der Waals surface area contributed by atoms with Crippen LogP contribution >= 0.6 is 34.0 Å². The summed E-state index contributed by atoms with van der Waals surface area (Å²) in [5.41, 5.74) is 5.72. The fourth-order valence-electron chi connectivity index (χ4n) is 4.59. The van der Waals surface area contributed by atoms with E-state index in [1.165, 1.54) is 51.2 Å². The number of hydrogen-bond donors (Lipinski definition) is 1. The first-order valence-electron chi connectivity index (χ1n) is 10.8. The third kappa shape index (κ3) is 3.31. The Labute approximate surface area is 204 Å².